The van der Waals surface area contributed by atoms with E-state index in [9.17, 15) is 9.59 Å². The number of hydrogen-bond acceptors (Lipinski definition) is 5. The van der Waals surface area contributed by atoms with E-state index in [4.69, 9.17) is 4.74 Å². The molecule has 2 amide bonds. The quantitative estimate of drug-likeness (QED) is 0.460. The van der Waals surface area contributed by atoms with Crippen molar-refractivity contribution < 1.29 is 19.1 Å². The van der Waals surface area contributed by atoms with Crippen molar-refractivity contribution >= 4 is 18.2 Å². The van der Waals surface area contributed by atoms with Crippen molar-refractivity contribution in [2.24, 2.45) is 5.10 Å². The smallest absolute Gasteiger partial charge is 0.335 e. The summed E-state index contributed by atoms with van der Waals surface area (Å²) in [6.07, 6.45) is 1.48. The van der Waals surface area contributed by atoms with Gasteiger partial charge in [-0.25, -0.2) is 10.2 Å². The Morgan fingerprint density at radius 3 is 2.60 bits per heavy atom. The second-order valence-corrected chi connectivity index (χ2v) is 3.63. The SMILES string of the molecule is CCOC(=O)CNC(=O)N/N=C/c1ccc(OC)cc1. The Bertz CT molecular complexity index is 471. The summed E-state index contributed by atoms with van der Waals surface area (Å²) in [5, 5.41) is 6.05. The fourth-order valence-electron chi connectivity index (χ4n) is 1.26. The van der Waals surface area contributed by atoms with Gasteiger partial charge < -0.3 is 14.8 Å². The zero-order valence-corrected chi connectivity index (χ0v) is 11.4. The number of nitrogens with zero attached hydrogens (tertiary/aromatic N) is 1. The second kappa shape index (κ2) is 8.52. The molecule has 0 unspecified atom stereocenters. The van der Waals surface area contributed by atoms with Gasteiger partial charge in [0, 0.05) is 0 Å². The fraction of sp³-hybridized carbons (Fsp3) is 0.308. The van der Waals surface area contributed by atoms with Crippen LogP contribution in [0.15, 0.2) is 29.4 Å². The minimum Gasteiger partial charge on any atom is -0.497 e. The van der Waals surface area contributed by atoms with Crippen LogP contribution in [0.3, 0.4) is 0 Å². The number of urea groups is 1. The lowest BCUT2D eigenvalue weighted by molar-refractivity contribution is -0.141. The minimum atomic E-state index is -0.581. The van der Waals surface area contributed by atoms with Gasteiger partial charge in [0.1, 0.15) is 12.3 Å². The molecular formula is C13H17N3O4. The van der Waals surface area contributed by atoms with Gasteiger partial charge in [-0.1, -0.05) is 0 Å². The number of rotatable bonds is 6. The number of ether oxygens (including phenoxy) is 2. The van der Waals surface area contributed by atoms with E-state index in [0.29, 0.717) is 0 Å². The Morgan fingerprint density at radius 2 is 2.00 bits per heavy atom. The largest absolute Gasteiger partial charge is 0.497 e. The summed E-state index contributed by atoms with van der Waals surface area (Å²) in [5.74, 6) is 0.240. The monoisotopic (exact) mass is 279 g/mol. The first-order chi connectivity index (χ1) is 9.65. The molecule has 2 N–H and O–H groups in total. The molecule has 7 nitrogen and oxygen atoms in total. The molecule has 0 fully saturated rings. The molecule has 0 aliphatic rings. The van der Waals surface area contributed by atoms with E-state index < -0.39 is 12.0 Å². The Morgan fingerprint density at radius 1 is 1.30 bits per heavy atom. The summed E-state index contributed by atoms with van der Waals surface area (Å²) in [6, 6.07) is 6.56. The van der Waals surface area contributed by atoms with Crippen molar-refractivity contribution in [2.45, 2.75) is 6.92 Å². The lowest BCUT2D eigenvalue weighted by Crippen LogP contribution is -2.36. The Kier molecular flexibility index (Phi) is 6.60. The number of carbonyl (C=O) groups excluding carboxylic acids is 2. The molecule has 7 heteroatoms. The first kappa shape index (κ1) is 15.5. The van der Waals surface area contributed by atoms with Gasteiger partial charge in [0.2, 0.25) is 0 Å². The normalized spacial score (nSPS) is 10.1. The maximum Gasteiger partial charge on any atom is 0.335 e. The van der Waals surface area contributed by atoms with Crippen LogP contribution in [0, 0.1) is 0 Å². The fourth-order valence-corrected chi connectivity index (χ4v) is 1.26. The highest BCUT2D eigenvalue weighted by atomic mass is 16.5. The van der Waals surface area contributed by atoms with E-state index in [1.54, 1.807) is 38.3 Å². The van der Waals surface area contributed by atoms with Crippen molar-refractivity contribution in [3.05, 3.63) is 29.8 Å². The van der Waals surface area contributed by atoms with Crippen LogP contribution in [0.4, 0.5) is 4.79 Å². The van der Waals surface area contributed by atoms with Gasteiger partial charge in [-0.3, -0.25) is 4.79 Å². The zero-order valence-electron chi connectivity index (χ0n) is 11.4. The third-order valence-corrected chi connectivity index (χ3v) is 2.19. The molecule has 0 aromatic heterocycles. The van der Waals surface area contributed by atoms with E-state index >= 15 is 0 Å². The molecule has 0 saturated heterocycles. The minimum absolute atomic E-state index is 0.197. The highest BCUT2D eigenvalue weighted by Crippen LogP contribution is 2.09. The third-order valence-electron chi connectivity index (χ3n) is 2.19. The van der Waals surface area contributed by atoms with Gasteiger partial charge in [0.05, 0.1) is 19.9 Å². The van der Waals surface area contributed by atoms with E-state index in [1.165, 1.54) is 6.21 Å². The molecule has 0 radical (unpaired) electrons. The van der Waals surface area contributed by atoms with Crippen molar-refractivity contribution in [2.75, 3.05) is 20.3 Å². The topological polar surface area (TPSA) is 89.0 Å². The van der Waals surface area contributed by atoms with Crippen molar-refractivity contribution in [3.63, 3.8) is 0 Å². The summed E-state index contributed by atoms with van der Waals surface area (Å²) < 4.78 is 9.67. The molecule has 1 aromatic carbocycles. The van der Waals surface area contributed by atoms with E-state index in [-0.39, 0.29) is 13.2 Å². The molecule has 0 aliphatic heterocycles. The van der Waals surface area contributed by atoms with Gasteiger partial charge in [-0.15, -0.1) is 0 Å². The lowest BCUT2D eigenvalue weighted by Gasteiger charge is -2.03. The predicted molar refractivity (Wildman–Crippen MR) is 73.8 cm³/mol. The first-order valence-electron chi connectivity index (χ1n) is 6.02. The lowest BCUT2D eigenvalue weighted by atomic mass is 10.2. The van der Waals surface area contributed by atoms with Crippen LogP contribution in [0.25, 0.3) is 0 Å². The van der Waals surface area contributed by atoms with Crippen molar-refractivity contribution in [1.29, 1.82) is 0 Å². The highest BCUT2D eigenvalue weighted by Gasteiger charge is 2.03. The van der Waals surface area contributed by atoms with Crippen molar-refractivity contribution in [3.8, 4) is 5.75 Å². The standard InChI is InChI=1S/C13H17N3O4/c1-3-20-12(17)9-14-13(18)16-15-8-10-4-6-11(19-2)7-5-10/h4-8H,3,9H2,1-2H3,(H2,14,16,18)/b15-8+. The molecular weight excluding hydrogens is 262 g/mol. The zero-order chi connectivity index (χ0) is 14.8. The molecule has 0 spiro atoms. The van der Waals surface area contributed by atoms with Gasteiger partial charge in [0.15, 0.2) is 0 Å². The van der Waals surface area contributed by atoms with Gasteiger partial charge in [-0.2, -0.15) is 5.10 Å². The molecule has 0 atom stereocenters. The number of esters is 1. The van der Waals surface area contributed by atoms with Crippen molar-refractivity contribution in [1.82, 2.24) is 10.7 Å². The van der Waals surface area contributed by atoms with Gasteiger partial charge in [-0.05, 0) is 36.8 Å². The average molecular weight is 279 g/mol. The molecule has 0 saturated carbocycles. The Balaban J connectivity index is 2.32. The molecule has 1 rings (SSSR count). The highest BCUT2D eigenvalue weighted by molar-refractivity contribution is 5.83. The van der Waals surface area contributed by atoms with E-state index in [2.05, 4.69) is 20.6 Å². The van der Waals surface area contributed by atoms with Crippen LogP contribution >= 0.6 is 0 Å². The van der Waals surface area contributed by atoms with E-state index in [1.807, 2.05) is 0 Å². The maximum absolute atomic E-state index is 11.3. The number of carbonyl (C=O) groups is 2. The van der Waals surface area contributed by atoms with E-state index in [0.717, 1.165) is 11.3 Å². The van der Waals surface area contributed by atoms with Crippen LogP contribution in [0.5, 0.6) is 5.75 Å². The number of hydrazone groups is 1. The summed E-state index contributed by atoms with van der Waals surface area (Å²) in [6.45, 7) is 1.77. The van der Waals surface area contributed by atoms with Crippen LogP contribution < -0.4 is 15.5 Å². The Labute approximate surface area is 117 Å². The maximum atomic E-state index is 11.3. The van der Waals surface area contributed by atoms with Gasteiger partial charge >= 0.3 is 12.0 Å². The average Bonchev–Trinajstić information content (AvgIpc) is 2.46. The summed E-state index contributed by atoms with van der Waals surface area (Å²) in [7, 11) is 1.58. The van der Waals surface area contributed by atoms with Crippen LogP contribution in [-0.4, -0.2) is 38.5 Å². The van der Waals surface area contributed by atoms with Crippen LogP contribution in [0.1, 0.15) is 12.5 Å². The molecule has 0 aliphatic carbocycles. The number of hydrogen-bond donors (Lipinski definition) is 2. The summed E-state index contributed by atoms with van der Waals surface area (Å²) in [4.78, 5) is 22.3. The third kappa shape index (κ3) is 5.85. The molecule has 108 valence electrons. The van der Waals surface area contributed by atoms with Gasteiger partial charge in [0.25, 0.3) is 0 Å². The predicted octanol–water partition coefficient (Wildman–Crippen LogP) is 0.891. The Hall–Kier alpha value is -2.57. The molecule has 0 bridgehead atoms. The summed E-state index contributed by atoms with van der Waals surface area (Å²) in [5.41, 5.74) is 3.04. The summed E-state index contributed by atoms with van der Waals surface area (Å²) >= 11 is 0. The number of nitrogens with one attached hydrogen (secondary N) is 2. The van der Waals surface area contributed by atoms with Crippen LogP contribution in [-0.2, 0) is 9.53 Å². The first-order valence-corrected chi connectivity index (χ1v) is 6.02. The second-order valence-electron chi connectivity index (χ2n) is 3.63. The number of methoxy groups -OCH3 is 1. The number of amides is 2. The number of benzene rings is 1. The van der Waals surface area contributed by atoms with Crippen LogP contribution in [0.2, 0.25) is 0 Å². The molecule has 0 heterocycles. The molecule has 1 aromatic rings. The molecule has 20 heavy (non-hydrogen) atoms.